The maximum atomic E-state index is 12.9. The second kappa shape index (κ2) is 7.20. The molecule has 0 bridgehead atoms. The molecule has 2 aromatic carbocycles. The van der Waals surface area contributed by atoms with Gasteiger partial charge in [0, 0.05) is 42.2 Å². The molecule has 4 rings (SSSR count). The molecule has 2 aliphatic rings. The molecule has 0 saturated carbocycles. The average Bonchev–Trinajstić information content (AvgIpc) is 3.02. The van der Waals surface area contributed by atoms with Gasteiger partial charge in [-0.2, -0.15) is 0 Å². The summed E-state index contributed by atoms with van der Waals surface area (Å²) >= 11 is 1.82. The van der Waals surface area contributed by atoms with E-state index in [0.717, 1.165) is 31.1 Å². The average molecular weight is 353 g/mol. The lowest BCUT2D eigenvalue weighted by Gasteiger charge is -2.30. The molecule has 1 fully saturated rings. The second-order valence-electron chi connectivity index (χ2n) is 6.74. The molecule has 2 N–H and O–H groups in total. The molecule has 0 unspecified atom stereocenters. The zero-order valence-electron chi connectivity index (χ0n) is 14.2. The van der Waals surface area contributed by atoms with Crippen LogP contribution in [0, 0.1) is 0 Å². The molecule has 0 radical (unpaired) electrons. The lowest BCUT2D eigenvalue weighted by molar-refractivity contribution is -0.119. The number of rotatable bonds is 3. The summed E-state index contributed by atoms with van der Waals surface area (Å²) < 4.78 is 0. The van der Waals surface area contributed by atoms with Crippen LogP contribution in [0.1, 0.15) is 11.5 Å². The first-order valence-corrected chi connectivity index (χ1v) is 9.76. The van der Waals surface area contributed by atoms with Gasteiger partial charge in [0.1, 0.15) is 0 Å². The number of hydrogen-bond acceptors (Lipinski definition) is 4. The number of para-hydroxylation sites is 1. The van der Waals surface area contributed by atoms with E-state index in [-0.39, 0.29) is 11.9 Å². The summed E-state index contributed by atoms with van der Waals surface area (Å²) in [7, 11) is 0. The van der Waals surface area contributed by atoms with Crippen molar-refractivity contribution in [2.24, 2.45) is 5.73 Å². The summed E-state index contributed by atoms with van der Waals surface area (Å²) in [4.78, 5) is 18.2. The molecule has 2 atom stereocenters. The second-order valence-corrected chi connectivity index (χ2v) is 7.87. The highest BCUT2D eigenvalue weighted by molar-refractivity contribution is 7.99. The lowest BCUT2D eigenvalue weighted by Crippen LogP contribution is -2.42. The minimum Gasteiger partial charge on any atom is -0.326 e. The fourth-order valence-electron chi connectivity index (χ4n) is 3.80. The van der Waals surface area contributed by atoms with Crippen LogP contribution < -0.4 is 10.6 Å². The molecule has 0 spiro atoms. The van der Waals surface area contributed by atoms with Gasteiger partial charge in [-0.15, -0.1) is 11.8 Å². The topological polar surface area (TPSA) is 49.6 Å². The molecule has 4 nitrogen and oxygen atoms in total. The lowest BCUT2D eigenvalue weighted by atomic mass is 9.95. The first-order valence-electron chi connectivity index (χ1n) is 8.77. The van der Waals surface area contributed by atoms with Crippen LogP contribution in [0.4, 0.5) is 5.69 Å². The van der Waals surface area contributed by atoms with Crippen LogP contribution in [0.2, 0.25) is 0 Å². The molecule has 130 valence electrons. The molecule has 2 aromatic rings. The van der Waals surface area contributed by atoms with E-state index in [0.29, 0.717) is 12.5 Å². The maximum absolute atomic E-state index is 12.9. The standard InChI is InChI=1S/C20H23N3OS/c21-17-13-22(12-16(17)15-6-2-1-3-7-15)14-20(24)23-10-11-25-19-9-5-4-8-18(19)23/h1-9,16-17H,10-14,21H2/t16-,17+/m0/s1. The van der Waals surface area contributed by atoms with Gasteiger partial charge in [-0.3, -0.25) is 9.69 Å². The Bertz CT molecular complexity index is 752. The third-order valence-corrected chi connectivity index (χ3v) is 6.10. The van der Waals surface area contributed by atoms with Gasteiger partial charge < -0.3 is 10.6 Å². The predicted octanol–water partition coefficient (Wildman–Crippen LogP) is 2.55. The quantitative estimate of drug-likeness (QED) is 0.921. The largest absolute Gasteiger partial charge is 0.326 e. The van der Waals surface area contributed by atoms with E-state index in [1.54, 1.807) is 0 Å². The van der Waals surface area contributed by atoms with Crippen molar-refractivity contribution < 1.29 is 4.79 Å². The zero-order valence-corrected chi connectivity index (χ0v) is 15.0. The number of likely N-dealkylation sites (tertiary alicyclic amines) is 1. The summed E-state index contributed by atoms with van der Waals surface area (Å²) in [6.45, 7) is 2.84. The monoisotopic (exact) mass is 353 g/mol. The number of carbonyl (C=O) groups is 1. The zero-order chi connectivity index (χ0) is 17.2. The number of nitrogens with two attached hydrogens (primary N) is 1. The number of carbonyl (C=O) groups excluding carboxylic acids is 1. The van der Waals surface area contributed by atoms with Crippen LogP contribution in [-0.2, 0) is 4.79 Å². The molecule has 0 aliphatic carbocycles. The predicted molar refractivity (Wildman–Crippen MR) is 103 cm³/mol. The van der Waals surface area contributed by atoms with Crippen LogP contribution >= 0.6 is 11.8 Å². The normalized spacial score (nSPS) is 23.5. The van der Waals surface area contributed by atoms with Crippen molar-refractivity contribution in [3.05, 3.63) is 60.2 Å². The molecule has 25 heavy (non-hydrogen) atoms. The SMILES string of the molecule is N[C@@H]1CN(CC(=O)N2CCSc3ccccc32)C[C@H]1c1ccccc1. The van der Waals surface area contributed by atoms with E-state index in [4.69, 9.17) is 5.73 Å². The molecule has 1 amide bonds. The number of thioether (sulfide) groups is 1. The fraction of sp³-hybridized carbons (Fsp3) is 0.350. The fourth-order valence-corrected chi connectivity index (χ4v) is 4.80. The molecular formula is C20H23N3OS. The number of amides is 1. The molecule has 2 heterocycles. The van der Waals surface area contributed by atoms with E-state index in [1.807, 2.05) is 40.9 Å². The van der Waals surface area contributed by atoms with Crippen molar-refractivity contribution >= 4 is 23.4 Å². The molecule has 1 saturated heterocycles. The third-order valence-electron chi connectivity index (χ3n) is 5.06. The molecule has 2 aliphatic heterocycles. The van der Waals surface area contributed by atoms with Crippen LogP contribution in [0.5, 0.6) is 0 Å². The summed E-state index contributed by atoms with van der Waals surface area (Å²) in [5.41, 5.74) is 8.68. The van der Waals surface area contributed by atoms with E-state index in [9.17, 15) is 4.79 Å². The highest BCUT2D eigenvalue weighted by Crippen LogP contribution is 2.34. The minimum atomic E-state index is 0.0828. The summed E-state index contributed by atoms with van der Waals surface area (Å²) in [5.74, 6) is 1.43. The van der Waals surface area contributed by atoms with Crippen molar-refractivity contribution in [3.8, 4) is 0 Å². The Morgan fingerprint density at radius 1 is 1.08 bits per heavy atom. The number of fused-ring (bicyclic) bond motifs is 1. The van der Waals surface area contributed by atoms with Gasteiger partial charge in [0.15, 0.2) is 0 Å². The van der Waals surface area contributed by atoms with Crippen molar-refractivity contribution in [1.82, 2.24) is 4.90 Å². The van der Waals surface area contributed by atoms with Gasteiger partial charge >= 0.3 is 0 Å². The van der Waals surface area contributed by atoms with E-state index in [2.05, 4.69) is 35.2 Å². The Hall–Kier alpha value is -1.82. The van der Waals surface area contributed by atoms with E-state index in [1.165, 1.54) is 10.5 Å². The Morgan fingerprint density at radius 3 is 2.68 bits per heavy atom. The van der Waals surface area contributed by atoms with Crippen LogP contribution in [0.25, 0.3) is 0 Å². The minimum absolute atomic E-state index is 0.0828. The number of anilines is 1. The maximum Gasteiger partial charge on any atom is 0.241 e. The van der Waals surface area contributed by atoms with Gasteiger partial charge in [0.05, 0.1) is 12.2 Å². The van der Waals surface area contributed by atoms with Gasteiger partial charge in [0.25, 0.3) is 0 Å². The van der Waals surface area contributed by atoms with E-state index >= 15 is 0 Å². The summed E-state index contributed by atoms with van der Waals surface area (Å²) in [6, 6.07) is 18.7. The van der Waals surface area contributed by atoms with Crippen LogP contribution in [0.3, 0.4) is 0 Å². The van der Waals surface area contributed by atoms with Crippen molar-refractivity contribution in [2.45, 2.75) is 16.9 Å². The highest BCUT2D eigenvalue weighted by Gasteiger charge is 2.33. The Morgan fingerprint density at radius 2 is 1.84 bits per heavy atom. The van der Waals surface area contributed by atoms with E-state index < -0.39 is 0 Å². The van der Waals surface area contributed by atoms with Crippen molar-refractivity contribution in [3.63, 3.8) is 0 Å². The Balaban J connectivity index is 1.44. The summed E-state index contributed by atoms with van der Waals surface area (Å²) in [6.07, 6.45) is 0. The molecule has 0 aromatic heterocycles. The molecular weight excluding hydrogens is 330 g/mol. The van der Waals surface area contributed by atoms with Crippen LogP contribution in [-0.4, -0.2) is 48.8 Å². The number of benzene rings is 2. The third kappa shape index (κ3) is 3.45. The highest BCUT2D eigenvalue weighted by atomic mass is 32.2. The number of nitrogens with zero attached hydrogens (tertiary/aromatic N) is 2. The van der Waals surface area contributed by atoms with Gasteiger partial charge in [0.2, 0.25) is 5.91 Å². The smallest absolute Gasteiger partial charge is 0.241 e. The van der Waals surface area contributed by atoms with Gasteiger partial charge in [-0.05, 0) is 17.7 Å². The van der Waals surface area contributed by atoms with Crippen LogP contribution in [0.15, 0.2) is 59.5 Å². The van der Waals surface area contributed by atoms with Gasteiger partial charge in [-0.25, -0.2) is 0 Å². The van der Waals surface area contributed by atoms with Crippen molar-refractivity contribution in [2.75, 3.05) is 36.8 Å². The Labute approximate surface area is 153 Å². The number of hydrogen-bond donors (Lipinski definition) is 1. The van der Waals surface area contributed by atoms with Gasteiger partial charge in [-0.1, -0.05) is 42.5 Å². The van der Waals surface area contributed by atoms with Crippen molar-refractivity contribution in [1.29, 1.82) is 0 Å². The first kappa shape index (κ1) is 16.6. The Kier molecular flexibility index (Phi) is 4.79. The first-order chi connectivity index (χ1) is 12.2. The molecule has 5 heteroatoms. The summed E-state index contributed by atoms with van der Waals surface area (Å²) in [5, 5.41) is 0.